The van der Waals surface area contributed by atoms with Gasteiger partial charge in [0.05, 0.1) is 32.4 Å². The Morgan fingerprint density at radius 2 is 1.89 bits per heavy atom. The van der Waals surface area contributed by atoms with Crippen molar-refractivity contribution in [1.82, 2.24) is 14.9 Å². The van der Waals surface area contributed by atoms with Gasteiger partial charge in [-0.2, -0.15) is 0 Å². The number of rotatable bonds is 7. The fourth-order valence-electron chi connectivity index (χ4n) is 3.16. The number of thiazole rings is 1. The molecule has 0 spiro atoms. The molecule has 0 saturated heterocycles. The molecule has 1 N–H and O–H groups in total. The highest BCUT2D eigenvalue weighted by Crippen LogP contribution is 2.29. The lowest BCUT2D eigenvalue weighted by Crippen LogP contribution is -2.28. The van der Waals surface area contributed by atoms with Crippen molar-refractivity contribution in [3.63, 3.8) is 0 Å². The first-order valence-electron chi connectivity index (χ1n) is 9.04. The lowest BCUT2D eigenvalue weighted by Gasteiger charge is -2.18. The van der Waals surface area contributed by atoms with Gasteiger partial charge in [-0.25, -0.2) is 4.98 Å². The van der Waals surface area contributed by atoms with Crippen LogP contribution in [0.2, 0.25) is 0 Å². The Bertz CT molecular complexity index is 958. The molecule has 148 valence electrons. The van der Waals surface area contributed by atoms with Crippen LogP contribution in [0, 0.1) is 13.8 Å². The van der Waals surface area contributed by atoms with Gasteiger partial charge in [0, 0.05) is 22.3 Å². The number of carbonyl (C=O) groups excluding carboxylic acids is 1. The van der Waals surface area contributed by atoms with E-state index in [-0.39, 0.29) is 18.4 Å². The van der Waals surface area contributed by atoms with Crippen molar-refractivity contribution in [3.8, 4) is 16.6 Å². The summed E-state index contributed by atoms with van der Waals surface area (Å²) in [4.78, 5) is 17.2. The molecule has 2 heterocycles. The monoisotopic (exact) mass is 399 g/mol. The van der Waals surface area contributed by atoms with Crippen molar-refractivity contribution in [2.75, 3.05) is 14.2 Å². The Kier molecular flexibility index (Phi) is 6.04. The average Bonchev–Trinajstić information content (AvgIpc) is 3.26. The highest BCUT2D eigenvalue weighted by Gasteiger charge is 2.17. The van der Waals surface area contributed by atoms with Crippen LogP contribution in [0.4, 0.5) is 0 Å². The van der Waals surface area contributed by atoms with Crippen LogP contribution in [0.1, 0.15) is 35.6 Å². The third kappa shape index (κ3) is 4.20. The summed E-state index contributed by atoms with van der Waals surface area (Å²) in [5.74, 6) is 1.34. The largest absolute Gasteiger partial charge is 0.497 e. The van der Waals surface area contributed by atoms with Gasteiger partial charge in [0.15, 0.2) is 5.13 Å². The fourth-order valence-corrected chi connectivity index (χ4v) is 4.10. The maximum absolute atomic E-state index is 12.6. The van der Waals surface area contributed by atoms with Crippen molar-refractivity contribution in [3.05, 3.63) is 58.4 Å². The minimum atomic E-state index is -0.218. The zero-order valence-corrected chi connectivity index (χ0v) is 17.6. The molecular weight excluding hydrogens is 374 g/mol. The zero-order valence-electron chi connectivity index (χ0n) is 16.8. The van der Waals surface area contributed by atoms with Gasteiger partial charge in [-0.05, 0) is 51.1 Å². The Hall–Kier alpha value is -2.80. The second-order valence-electron chi connectivity index (χ2n) is 6.65. The number of nitrogens with zero attached hydrogens (tertiary/aromatic N) is 2. The molecular formula is C21H25N3O3S. The van der Waals surface area contributed by atoms with Crippen LogP contribution in [0.5, 0.6) is 11.5 Å². The molecule has 0 unspecified atom stereocenters. The van der Waals surface area contributed by atoms with Gasteiger partial charge >= 0.3 is 0 Å². The minimum Gasteiger partial charge on any atom is -0.497 e. The van der Waals surface area contributed by atoms with Gasteiger partial charge in [0.1, 0.15) is 11.5 Å². The number of aromatic nitrogens is 2. The van der Waals surface area contributed by atoms with Crippen LogP contribution < -0.4 is 14.8 Å². The van der Waals surface area contributed by atoms with Gasteiger partial charge in [0.25, 0.3) is 0 Å². The van der Waals surface area contributed by atoms with Gasteiger partial charge in [-0.15, -0.1) is 11.3 Å². The molecule has 7 heteroatoms. The number of amides is 1. The normalized spacial score (nSPS) is 11.9. The predicted octanol–water partition coefficient (Wildman–Crippen LogP) is 3.99. The molecule has 28 heavy (non-hydrogen) atoms. The van der Waals surface area contributed by atoms with E-state index in [0.717, 1.165) is 33.5 Å². The number of carbonyl (C=O) groups is 1. The number of nitrogens with one attached hydrogen (secondary N) is 1. The van der Waals surface area contributed by atoms with E-state index in [1.54, 1.807) is 14.2 Å². The summed E-state index contributed by atoms with van der Waals surface area (Å²) in [6, 6.07) is 9.45. The summed E-state index contributed by atoms with van der Waals surface area (Å²) < 4.78 is 12.8. The fraction of sp³-hybridized carbons (Fsp3) is 0.333. The van der Waals surface area contributed by atoms with Crippen LogP contribution >= 0.6 is 11.3 Å². The third-order valence-electron chi connectivity index (χ3n) is 4.62. The topological polar surface area (TPSA) is 65.4 Å². The van der Waals surface area contributed by atoms with Crippen LogP contribution in [-0.4, -0.2) is 29.7 Å². The summed E-state index contributed by atoms with van der Waals surface area (Å²) in [7, 11) is 3.23. The van der Waals surface area contributed by atoms with Gasteiger partial charge < -0.3 is 14.8 Å². The molecule has 0 saturated carbocycles. The van der Waals surface area contributed by atoms with Crippen LogP contribution in [0.25, 0.3) is 5.13 Å². The van der Waals surface area contributed by atoms with E-state index < -0.39 is 0 Å². The molecule has 1 amide bonds. The van der Waals surface area contributed by atoms with Gasteiger partial charge in [-0.1, -0.05) is 0 Å². The molecule has 0 aliphatic carbocycles. The highest BCUT2D eigenvalue weighted by atomic mass is 32.1. The second-order valence-corrected chi connectivity index (χ2v) is 7.48. The minimum absolute atomic E-state index is 0.0878. The highest BCUT2D eigenvalue weighted by molar-refractivity contribution is 7.12. The van der Waals surface area contributed by atoms with Crippen LogP contribution in [0.15, 0.2) is 35.7 Å². The van der Waals surface area contributed by atoms with Crippen LogP contribution in [-0.2, 0) is 11.2 Å². The van der Waals surface area contributed by atoms with Crippen molar-refractivity contribution in [1.29, 1.82) is 0 Å². The lowest BCUT2D eigenvalue weighted by molar-refractivity contribution is -0.121. The summed E-state index contributed by atoms with van der Waals surface area (Å²) in [6.07, 6.45) is 0.229. The molecule has 1 aromatic carbocycles. The SMILES string of the molecule is COc1ccc(OC)c([C@H](C)NC(=O)Cc2csc(-n3c(C)ccc3C)n2)c1. The number of hydrogen-bond acceptors (Lipinski definition) is 5. The summed E-state index contributed by atoms with van der Waals surface area (Å²) in [5, 5.41) is 5.84. The molecule has 0 aliphatic rings. The number of methoxy groups -OCH3 is 2. The Morgan fingerprint density at radius 1 is 1.18 bits per heavy atom. The van der Waals surface area contributed by atoms with Gasteiger partial charge in [-0.3, -0.25) is 9.36 Å². The van der Waals surface area contributed by atoms with Crippen molar-refractivity contribution in [2.24, 2.45) is 0 Å². The number of benzene rings is 1. The third-order valence-corrected chi connectivity index (χ3v) is 5.50. The molecule has 0 fully saturated rings. The predicted molar refractivity (Wildman–Crippen MR) is 111 cm³/mol. The molecule has 2 aromatic heterocycles. The summed E-state index contributed by atoms with van der Waals surface area (Å²) in [6.45, 7) is 6.02. The molecule has 0 aliphatic heterocycles. The molecule has 3 aromatic rings. The van der Waals surface area contributed by atoms with E-state index in [9.17, 15) is 4.79 Å². The van der Waals surface area contributed by atoms with Crippen LogP contribution in [0.3, 0.4) is 0 Å². The van der Waals surface area contributed by atoms with Crippen molar-refractivity contribution >= 4 is 17.2 Å². The standard InChI is InChI=1S/C21H25N3O3S/c1-13-6-7-14(2)24(13)21-23-16(12-28-21)10-20(25)22-15(3)18-11-17(26-4)8-9-19(18)27-5/h6-9,11-12,15H,10H2,1-5H3,(H,22,25)/t15-/m0/s1. The molecule has 0 bridgehead atoms. The molecule has 6 nitrogen and oxygen atoms in total. The van der Waals surface area contributed by atoms with Crippen molar-refractivity contribution < 1.29 is 14.3 Å². The molecule has 3 rings (SSSR count). The van der Waals surface area contributed by atoms with E-state index in [1.807, 2.05) is 44.4 Å². The molecule has 1 atom stereocenters. The van der Waals surface area contributed by atoms with E-state index >= 15 is 0 Å². The average molecular weight is 400 g/mol. The second kappa shape index (κ2) is 8.48. The van der Waals surface area contributed by atoms with E-state index in [0.29, 0.717) is 5.75 Å². The number of hydrogen-bond donors (Lipinski definition) is 1. The van der Waals surface area contributed by atoms with E-state index in [2.05, 4.69) is 27.0 Å². The summed E-state index contributed by atoms with van der Waals surface area (Å²) in [5.41, 5.74) is 3.88. The first-order valence-corrected chi connectivity index (χ1v) is 9.92. The molecule has 0 radical (unpaired) electrons. The Labute approximate surface area is 169 Å². The van der Waals surface area contributed by atoms with E-state index in [4.69, 9.17) is 9.47 Å². The maximum Gasteiger partial charge on any atom is 0.226 e. The quantitative estimate of drug-likeness (QED) is 0.652. The number of aryl methyl sites for hydroxylation is 2. The Morgan fingerprint density at radius 3 is 2.54 bits per heavy atom. The smallest absolute Gasteiger partial charge is 0.226 e. The summed E-state index contributed by atoms with van der Waals surface area (Å²) >= 11 is 1.54. The van der Waals surface area contributed by atoms with Crippen molar-refractivity contribution in [2.45, 2.75) is 33.2 Å². The lowest BCUT2D eigenvalue weighted by atomic mass is 10.1. The Balaban J connectivity index is 1.70. The first-order chi connectivity index (χ1) is 13.4. The maximum atomic E-state index is 12.6. The zero-order chi connectivity index (χ0) is 20.3. The number of ether oxygens (including phenoxy) is 2. The van der Waals surface area contributed by atoms with E-state index in [1.165, 1.54) is 11.3 Å². The van der Waals surface area contributed by atoms with Gasteiger partial charge in [0.2, 0.25) is 5.91 Å². The first kappa shape index (κ1) is 19.9.